The predicted molar refractivity (Wildman–Crippen MR) is 74.6 cm³/mol. The van der Waals surface area contributed by atoms with Crippen LogP contribution >= 0.6 is 0 Å². The van der Waals surface area contributed by atoms with Crippen LogP contribution in [-0.2, 0) is 0 Å². The van der Waals surface area contributed by atoms with Gasteiger partial charge in [-0.1, -0.05) is 0 Å². The summed E-state index contributed by atoms with van der Waals surface area (Å²) >= 11 is 0. The second kappa shape index (κ2) is 4.67. The molecule has 4 rings (SSSR count). The van der Waals surface area contributed by atoms with Crippen molar-refractivity contribution >= 4 is 5.69 Å². The molecule has 3 aliphatic rings. The number of pyridine rings is 1. The number of piperidine rings is 1. The van der Waals surface area contributed by atoms with Crippen LogP contribution in [0.3, 0.4) is 0 Å². The molecule has 2 aliphatic heterocycles. The van der Waals surface area contributed by atoms with Gasteiger partial charge in [0.05, 0.1) is 18.1 Å². The lowest BCUT2D eigenvalue weighted by atomic mass is 10.2. The van der Waals surface area contributed by atoms with Crippen LogP contribution in [0, 0.1) is 11.8 Å². The van der Waals surface area contributed by atoms with Crippen LogP contribution in [0.2, 0.25) is 0 Å². The molecule has 0 radical (unpaired) electrons. The third kappa shape index (κ3) is 2.41. The van der Waals surface area contributed by atoms with Crippen molar-refractivity contribution in [2.45, 2.75) is 25.3 Å². The summed E-state index contributed by atoms with van der Waals surface area (Å²) in [6.07, 6.45) is 7.72. The van der Waals surface area contributed by atoms with Crippen LogP contribution in [-0.4, -0.2) is 37.3 Å². The van der Waals surface area contributed by atoms with Crippen molar-refractivity contribution in [1.82, 2.24) is 10.3 Å². The Morgan fingerprint density at radius 1 is 1.32 bits per heavy atom. The Morgan fingerprint density at radius 2 is 2.21 bits per heavy atom. The topological polar surface area (TPSA) is 37.4 Å². The van der Waals surface area contributed by atoms with Crippen LogP contribution in [0.4, 0.5) is 5.69 Å². The van der Waals surface area contributed by atoms with Crippen molar-refractivity contribution in [1.29, 1.82) is 0 Å². The van der Waals surface area contributed by atoms with Crippen molar-refractivity contribution in [2.75, 3.05) is 31.1 Å². The molecular formula is C15H21N3O. The Morgan fingerprint density at radius 3 is 3.00 bits per heavy atom. The minimum Gasteiger partial charge on any atom is -0.490 e. The van der Waals surface area contributed by atoms with E-state index in [0.717, 1.165) is 30.7 Å². The quantitative estimate of drug-likeness (QED) is 0.892. The maximum atomic E-state index is 5.88. The van der Waals surface area contributed by atoms with E-state index >= 15 is 0 Å². The zero-order valence-corrected chi connectivity index (χ0v) is 11.2. The molecule has 102 valence electrons. The average Bonchev–Trinajstić information content (AvgIpc) is 2.88. The van der Waals surface area contributed by atoms with E-state index in [1.165, 1.54) is 38.0 Å². The fraction of sp³-hybridized carbons (Fsp3) is 0.667. The number of anilines is 1. The second-order valence-electron chi connectivity index (χ2n) is 6.14. The van der Waals surface area contributed by atoms with Gasteiger partial charge in [0, 0.05) is 25.2 Å². The highest BCUT2D eigenvalue weighted by molar-refractivity contribution is 5.50. The summed E-state index contributed by atoms with van der Waals surface area (Å²) in [6.45, 7) is 4.30. The molecule has 4 heteroatoms. The SMILES string of the molecule is c1ncc(N2CC3CC3C2)cc1OCC1CCCN1. The summed E-state index contributed by atoms with van der Waals surface area (Å²) in [7, 11) is 0. The molecule has 0 spiro atoms. The highest BCUT2D eigenvalue weighted by atomic mass is 16.5. The van der Waals surface area contributed by atoms with Crippen LogP contribution in [0.5, 0.6) is 5.75 Å². The van der Waals surface area contributed by atoms with Crippen LogP contribution in [0.15, 0.2) is 18.5 Å². The Balaban J connectivity index is 1.38. The van der Waals surface area contributed by atoms with Gasteiger partial charge in [0.2, 0.25) is 0 Å². The molecule has 1 aromatic heterocycles. The van der Waals surface area contributed by atoms with E-state index in [4.69, 9.17) is 4.74 Å². The third-order valence-electron chi connectivity index (χ3n) is 4.66. The molecule has 3 unspecified atom stereocenters. The fourth-order valence-corrected chi connectivity index (χ4v) is 3.36. The summed E-state index contributed by atoms with van der Waals surface area (Å²) in [6, 6.07) is 2.66. The Kier molecular flexibility index (Phi) is 2.84. The van der Waals surface area contributed by atoms with E-state index in [1.807, 2.05) is 12.4 Å². The standard InChI is InChI=1S/C15H21N3O/c1-2-13(17-3-1)10-19-15-5-14(6-16-7-15)18-8-11-4-12(11)9-18/h5-7,11-13,17H,1-4,8-10H2. The first kappa shape index (κ1) is 11.5. The summed E-state index contributed by atoms with van der Waals surface area (Å²) in [5.74, 6) is 2.81. The molecule has 1 aromatic rings. The van der Waals surface area contributed by atoms with Crippen molar-refractivity contribution in [3.8, 4) is 5.75 Å². The highest BCUT2D eigenvalue weighted by Crippen LogP contribution is 2.46. The first-order chi connectivity index (χ1) is 9.38. The lowest BCUT2D eigenvalue weighted by Gasteiger charge is -2.20. The van der Waals surface area contributed by atoms with Gasteiger partial charge in [0.1, 0.15) is 12.4 Å². The van der Waals surface area contributed by atoms with Crippen LogP contribution in [0.25, 0.3) is 0 Å². The number of nitrogens with one attached hydrogen (secondary N) is 1. The van der Waals surface area contributed by atoms with Gasteiger partial charge in [-0.3, -0.25) is 4.98 Å². The van der Waals surface area contributed by atoms with Gasteiger partial charge in [0.25, 0.3) is 0 Å². The number of nitrogens with zero attached hydrogens (tertiary/aromatic N) is 2. The van der Waals surface area contributed by atoms with E-state index in [-0.39, 0.29) is 0 Å². The monoisotopic (exact) mass is 259 g/mol. The van der Waals surface area contributed by atoms with Gasteiger partial charge in [-0.15, -0.1) is 0 Å². The molecular weight excluding hydrogens is 238 g/mol. The largest absolute Gasteiger partial charge is 0.490 e. The number of rotatable bonds is 4. The molecule has 3 atom stereocenters. The minimum absolute atomic E-state index is 0.517. The summed E-state index contributed by atoms with van der Waals surface area (Å²) in [4.78, 5) is 6.78. The zero-order valence-electron chi connectivity index (χ0n) is 11.2. The van der Waals surface area contributed by atoms with Gasteiger partial charge >= 0.3 is 0 Å². The van der Waals surface area contributed by atoms with Crippen LogP contribution in [0.1, 0.15) is 19.3 Å². The molecule has 1 aliphatic carbocycles. The second-order valence-corrected chi connectivity index (χ2v) is 6.14. The normalized spacial score (nSPS) is 32.4. The van der Waals surface area contributed by atoms with Gasteiger partial charge in [0.15, 0.2) is 0 Å². The molecule has 1 N–H and O–H groups in total. The van der Waals surface area contributed by atoms with Gasteiger partial charge in [-0.25, -0.2) is 0 Å². The van der Waals surface area contributed by atoms with Crippen LogP contribution < -0.4 is 15.0 Å². The first-order valence-corrected chi connectivity index (χ1v) is 7.45. The van der Waals surface area contributed by atoms with Crippen molar-refractivity contribution in [3.05, 3.63) is 18.5 Å². The van der Waals surface area contributed by atoms with E-state index in [0.29, 0.717) is 6.04 Å². The molecule has 0 aromatic carbocycles. The Bertz CT molecular complexity index is 448. The molecule has 19 heavy (non-hydrogen) atoms. The Hall–Kier alpha value is -1.29. The average molecular weight is 259 g/mol. The summed E-state index contributed by atoms with van der Waals surface area (Å²) < 4.78 is 5.88. The molecule has 4 nitrogen and oxygen atoms in total. The van der Waals surface area contributed by atoms with Crippen molar-refractivity contribution in [3.63, 3.8) is 0 Å². The van der Waals surface area contributed by atoms with E-state index < -0.39 is 0 Å². The fourth-order valence-electron chi connectivity index (χ4n) is 3.36. The number of fused-ring (bicyclic) bond motifs is 1. The minimum atomic E-state index is 0.517. The Labute approximate surface area is 114 Å². The lowest BCUT2D eigenvalue weighted by Crippen LogP contribution is -2.28. The lowest BCUT2D eigenvalue weighted by molar-refractivity contribution is 0.276. The smallest absolute Gasteiger partial charge is 0.139 e. The molecule has 3 fully saturated rings. The van der Waals surface area contributed by atoms with Gasteiger partial charge in [-0.2, -0.15) is 0 Å². The first-order valence-electron chi connectivity index (χ1n) is 7.45. The van der Waals surface area contributed by atoms with Crippen molar-refractivity contribution < 1.29 is 4.74 Å². The van der Waals surface area contributed by atoms with Gasteiger partial charge < -0.3 is 15.0 Å². The maximum absolute atomic E-state index is 5.88. The molecule has 0 amide bonds. The molecule has 2 saturated heterocycles. The number of hydrogen-bond donors (Lipinski definition) is 1. The van der Waals surface area contributed by atoms with E-state index in [2.05, 4.69) is 21.3 Å². The van der Waals surface area contributed by atoms with Gasteiger partial charge in [-0.05, 0) is 37.6 Å². The summed E-state index contributed by atoms with van der Waals surface area (Å²) in [5, 5.41) is 3.45. The molecule has 1 saturated carbocycles. The van der Waals surface area contributed by atoms with E-state index in [9.17, 15) is 0 Å². The molecule has 3 heterocycles. The third-order valence-corrected chi connectivity index (χ3v) is 4.66. The number of aromatic nitrogens is 1. The predicted octanol–water partition coefficient (Wildman–Crippen LogP) is 1.67. The van der Waals surface area contributed by atoms with E-state index in [1.54, 1.807) is 0 Å². The maximum Gasteiger partial charge on any atom is 0.139 e. The number of ether oxygens (including phenoxy) is 1. The highest BCUT2D eigenvalue weighted by Gasteiger charge is 2.45. The van der Waals surface area contributed by atoms with Crippen molar-refractivity contribution in [2.24, 2.45) is 11.8 Å². The number of hydrogen-bond acceptors (Lipinski definition) is 4. The summed E-state index contributed by atoms with van der Waals surface area (Å²) in [5.41, 5.74) is 1.23. The molecule has 0 bridgehead atoms. The zero-order chi connectivity index (χ0) is 12.7.